The number of hydrogen-bond donors (Lipinski definition) is 0. The average Bonchev–Trinajstić information content (AvgIpc) is 1.65. The first-order valence-electron chi connectivity index (χ1n) is 1.96. The van der Waals surface area contributed by atoms with Gasteiger partial charge in [-0.1, -0.05) is 6.92 Å². The molecule has 0 fully saturated rings. The monoisotopic (exact) mass is 123 g/mol. The summed E-state index contributed by atoms with van der Waals surface area (Å²) in [5, 5.41) is 9.60. The molecule has 0 aliphatic carbocycles. The van der Waals surface area contributed by atoms with Crippen LogP contribution in [0.3, 0.4) is 0 Å². The van der Waals surface area contributed by atoms with Crippen LogP contribution in [0.2, 0.25) is 0 Å². The maximum Gasteiger partial charge on any atom is 0.285 e. The molecule has 1 atom stereocenters. The van der Waals surface area contributed by atoms with E-state index in [9.17, 15) is 10.1 Å². The summed E-state index contributed by atoms with van der Waals surface area (Å²) in [4.78, 5) is 9.09. The van der Waals surface area contributed by atoms with E-state index in [0.717, 1.165) is 0 Å². The third-order valence-corrected chi connectivity index (χ3v) is 1.03. The van der Waals surface area contributed by atoms with Gasteiger partial charge in [-0.05, 0) is 11.6 Å². The van der Waals surface area contributed by atoms with E-state index in [1.165, 1.54) is 0 Å². The minimum Gasteiger partial charge on any atom is -0.263 e. The SMILES string of the molecule is CC[C@H](Cl)[N+](=O)[O-]. The molecule has 0 rings (SSSR count). The van der Waals surface area contributed by atoms with Crippen LogP contribution in [0.1, 0.15) is 13.3 Å². The summed E-state index contributed by atoms with van der Waals surface area (Å²) < 4.78 is 0. The van der Waals surface area contributed by atoms with Crippen LogP contribution in [-0.4, -0.2) is 10.4 Å². The summed E-state index contributed by atoms with van der Waals surface area (Å²) in [5.74, 6) is 0. The quantitative estimate of drug-likeness (QED) is 0.240. The molecule has 42 valence electrons. The fourth-order valence-electron chi connectivity index (χ4n) is 0.149. The van der Waals surface area contributed by atoms with E-state index in [2.05, 4.69) is 0 Å². The van der Waals surface area contributed by atoms with Gasteiger partial charge in [0.2, 0.25) is 0 Å². The van der Waals surface area contributed by atoms with Crippen LogP contribution in [0, 0.1) is 10.1 Å². The molecule has 0 aromatic heterocycles. The van der Waals surface area contributed by atoms with Gasteiger partial charge < -0.3 is 0 Å². The molecule has 0 heterocycles. The molecule has 7 heavy (non-hydrogen) atoms. The molecule has 3 nitrogen and oxygen atoms in total. The zero-order chi connectivity index (χ0) is 5.86. The zero-order valence-electron chi connectivity index (χ0n) is 3.93. The Morgan fingerprint density at radius 2 is 2.43 bits per heavy atom. The average molecular weight is 124 g/mol. The van der Waals surface area contributed by atoms with Gasteiger partial charge in [0.05, 0.1) is 0 Å². The molecule has 0 unspecified atom stereocenters. The fraction of sp³-hybridized carbons (Fsp3) is 1.00. The first-order chi connectivity index (χ1) is 3.18. The van der Waals surface area contributed by atoms with Gasteiger partial charge in [-0.15, -0.1) is 0 Å². The van der Waals surface area contributed by atoms with Crippen LogP contribution in [-0.2, 0) is 0 Å². The van der Waals surface area contributed by atoms with E-state index in [-0.39, 0.29) is 0 Å². The third-order valence-electron chi connectivity index (χ3n) is 0.566. The summed E-state index contributed by atoms with van der Waals surface area (Å²) in [6.07, 6.45) is 0.383. The Labute approximate surface area is 46.4 Å². The van der Waals surface area contributed by atoms with Crippen molar-refractivity contribution in [3.8, 4) is 0 Å². The minimum atomic E-state index is -0.903. The van der Waals surface area contributed by atoms with Crippen LogP contribution in [0.5, 0.6) is 0 Å². The Morgan fingerprint density at radius 1 is 2.00 bits per heavy atom. The number of hydrogen-bond acceptors (Lipinski definition) is 2. The van der Waals surface area contributed by atoms with Crippen molar-refractivity contribution < 1.29 is 4.92 Å². The van der Waals surface area contributed by atoms with E-state index >= 15 is 0 Å². The van der Waals surface area contributed by atoms with Crippen molar-refractivity contribution in [1.29, 1.82) is 0 Å². The summed E-state index contributed by atoms with van der Waals surface area (Å²) >= 11 is 5.10. The standard InChI is InChI=1S/C3H6ClNO2/c1-2-3(4)5(6)7/h3H,2H2,1H3/t3-/m1/s1. The smallest absolute Gasteiger partial charge is 0.263 e. The summed E-state index contributed by atoms with van der Waals surface area (Å²) in [7, 11) is 0. The van der Waals surface area contributed by atoms with Gasteiger partial charge in [0.25, 0.3) is 5.50 Å². The Morgan fingerprint density at radius 3 is 2.43 bits per heavy atom. The van der Waals surface area contributed by atoms with Crippen molar-refractivity contribution in [2.24, 2.45) is 0 Å². The van der Waals surface area contributed by atoms with E-state index in [1.54, 1.807) is 6.92 Å². The predicted octanol–water partition coefficient (Wildman–Crippen LogP) is 1.24. The molecule has 4 heteroatoms. The van der Waals surface area contributed by atoms with Gasteiger partial charge in [-0.25, -0.2) is 0 Å². The first-order valence-corrected chi connectivity index (χ1v) is 2.39. The number of halogens is 1. The lowest BCUT2D eigenvalue weighted by molar-refractivity contribution is -0.498. The van der Waals surface area contributed by atoms with Crippen LogP contribution in [0.4, 0.5) is 0 Å². The van der Waals surface area contributed by atoms with Crippen molar-refractivity contribution in [2.75, 3.05) is 0 Å². The zero-order valence-corrected chi connectivity index (χ0v) is 4.68. The third kappa shape index (κ3) is 2.39. The molecule has 0 aliphatic rings. The second-order valence-electron chi connectivity index (χ2n) is 1.13. The highest BCUT2D eigenvalue weighted by molar-refractivity contribution is 6.19. The number of nitrogens with zero attached hydrogens (tertiary/aromatic N) is 1. The molecular weight excluding hydrogens is 117 g/mol. The largest absolute Gasteiger partial charge is 0.285 e. The van der Waals surface area contributed by atoms with E-state index < -0.39 is 10.4 Å². The topological polar surface area (TPSA) is 43.1 Å². The Bertz CT molecular complexity index is 75.3. The summed E-state index contributed by atoms with van der Waals surface area (Å²) in [6.45, 7) is 1.67. The Balaban J connectivity index is 3.34. The predicted molar refractivity (Wildman–Crippen MR) is 26.9 cm³/mol. The number of alkyl halides is 1. The maximum atomic E-state index is 9.60. The highest BCUT2D eigenvalue weighted by atomic mass is 35.5. The molecule has 0 aliphatic heterocycles. The highest BCUT2D eigenvalue weighted by Gasteiger charge is 2.09. The van der Waals surface area contributed by atoms with Crippen LogP contribution in [0.15, 0.2) is 0 Å². The Hall–Kier alpha value is -0.310. The molecule has 0 bridgehead atoms. The second kappa shape index (κ2) is 2.80. The molecule has 0 spiro atoms. The fourth-order valence-corrected chi connectivity index (χ4v) is 0.149. The van der Waals surface area contributed by atoms with Crippen LogP contribution in [0.25, 0.3) is 0 Å². The molecule has 0 saturated carbocycles. The van der Waals surface area contributed by atoms with Gasteiger partial charge in [0.1, 0.15) is 0 Å². The molecule has 0 saturated heterocycles. The van der Waals surface area contributed by atoms with Gasteiger partial charge in [-0.2, -0.15) is 0 Å². The Kier molecular flexibility index (Phi) is 2.67. The second-order valence-corrected chi connectivity index (χ2v) is 1.63. The lowest BCUT2D eigenvalue weighted by Gasteiger charge is -1.91. The molecule has 0 aromatic carbocycles. The van der Waals surface area contributed by atoms with Crippen molar-refractivity contribution in [3.63, 3.8) is 0 Å². The van der Waals surface area contributed by atoms with Gasteiger partial charge in [-0.3, -0.25) is 10.1 Å². The van der Waals surface area contributed by atoms with Crippen molar-refractivity contribution >= 4 is 11.6 Å². The van der Waals surface area contributed by atoms with Crippen molar-refractivity contribution in [1.82, 2.24) is 0 Å². The lowest BCUT2D eigenvalue weighted by atomic mass is 10.5. The minimum absolute atomic E-state index is 0.383. The molecule has 0 radical (unpaired) electrons. The van der Waals surface area contributed by atoms with Gasteiger partial charge >= 0.3 is 0 Å². The molecule has 0 N–H and O–H groups in total. The summed E-state index contributed by atoms with van der Waals surface area (Å²) in [6, 6.07) is 0. The normalized spacial score (nSPS) is 13.4. The summed E-state index contributed by atoms with van der Waals surface area (Å²) in [5.41, 5.74) is -0.903. The lowest BCUT2D eigenvalue weighted by Crippen LogP contribution is -2.09. The first kappa shape index (κ1) is 6.69. The molecular formula is C3H6ClNO2. The van der Waals surface area contributed by atoms with Crippen LogP contribution >= 0.6 is 11.6 Å². The maximum absolute atomic E-state index is 9.60. The van der Waals surface area contributed by atoms with E-state index in [1.807, 2.05) is 0 Å². The van der Waals surface area contributed by atoms with E-state index in [4.69, 9.17) is 11.6 Å². The van der Waals surface area contributed by atoms with Gasteiger partial charge in [0.15, 0.2) is 0 Å². The van der Waals surface area contributed by atoms with Crippen molar-refractivity contribution in [3.05, 3.63) is 10.1 Å². The highest BCUT2D eigenvalue weighted by Crippen LogP contribution is 1.99. The van der Waals surface area contributed by atoms with Crippen LogP contribution < -0.4 is 0 Å². The number of nitro groups is 1. The molecule has 0 aromatic rings. The van der Waals surface area contributed by atoms with E-state index in [0.29, 0.717) is 6.42 Å². The molecule has 0 amide bonds. The number of rotatable bonds is 2. The van der Waals surface area contributed by atoms with Gasteiger partial charge in [0, 0.05) is 11.3 Å². The van der Waals surface area contributed by atoms with Crippen molar-refractivity contribution in [2.45, 2.75) is 18.8 Å².